The maximum Gasteiger partial charge on any atom is 0.137 e. The highest BCUT2D eigenvalue weighted by molar-refractivity contribution is 7.09. The molecular weight excluding hydrogens is 173 g/mol. The van der Waals surface area contributed by atoms with Gasteiger partial charge in [0.1, 0.15) is 5.82 Å². The van der Waals surface area contributed by atoms with E-state index in [2.05, 4.69) is 0 Å². The fourth-order valence-corrected chi connectivity index (χ4v) is 1.40. The summed E-state index contributed by atoms with van der Waals surface area (Å²) in [7, 11) is 0. The Morgan fingerprint density at radius 1 is 1.60 bits per heavy atom. The zero-order valence-electron chi connectivity index (χ0n) is 5.34. The molecule has 1 nitrogen and oxygen atoms in total. The molecule has 0 radical (unpaired) electrons. The minimum absolute atomic E-state index is 0. The topological polar surface area (TPSA) is 26.0 Å². The molecular formula is C6H9ClFNS. The van der Waals surface area contributed by atoms with Crippen LogP contribution in [0.1, 0.15) is 4.88 Å². The summed E-state index contributed by atoms with van der Waals surface area (Å²) >= 11 is 1.42. The zero-order valence-corrected chi connectivity index (χ0v) is 6.97. The Morgan fingerprint density at radius 2 is 2.30 bits per heavy atom. The Hall–Kier alpha value is -0.120. The molecule has 0 spiro atoms. The number of hydrogen-bond acceptors (Lipinski definition) is 2. The van der Waals surface area contributed by atoms with E-state index >= 15 is 0 Å². The van der Waals surface area contributed by atoms with Crippen molar-refractivity contribution in [2.75, 3.05) is 6.54 Å². The fourth-order valence-electron chi connectivity index (χ4n) is 0.635. The molecule has 0 aliphatic rings. The highest BCUT2D eigenvalue weighted by Crippen LogP contribution is 2.14. The lowest BCUT2D eigenvalue weighted by molar-refractivity contribution is 0.618. The second-order valence-electron chi connectivity index (χ2n) is 1.73. The normalized spacial score (nSPS) is 9.00. The van der Waals surface area contributed by atoms with E-state index in [9.17, 15) is 4.39 Å². The van der Waals surface area contributed by atoms with Crippen LogP contribution in [-0.2, 0) is 6.42 Å². The lowest BCUT2D eigenvalue weighted by Crippen LogP contribution is -2.01. The van der Waals surface area contributed by atoms with Gasteiger partial charge in [-0.15, -0.1) is 23.7 Å². The molecule has 0 fully saturated rings. The Bertz CT molecular complexity index is 190. The molecule has 58 valence electrons. The van der Waals surface area contributed by atoms with Crippen molar-refractivity contribution in [2.24, 2.45) is 5.73 Å². The molecule has 0 bridgehead atoms. The van der Waals surface area contributed by atoms with Gasteiger partial charge in [-0.2, -0.15) is 0 Å². The van der Waals surface area contributed by atoms with E-state index in [4.69, 9.17) is 5.73 Å². The lowest BCUT2D eigenvalue weighted by atomic mass is 10.3. The molecule has 1 heterocycles. The van der Waals surface area contributed by atoms with Crippen LogP contribution in [0.2, 0.25) is 0 Å². The van der Waals surface area contributed by atoms with Crippen LogP contribution in [0, 0.1) is 5.82 Å². The Morgan fingerprint density at radius 3 is 2.70 bits per heavy atom. The van der Waals surface area contributed by atoms with Gasteiger partial charge in [-0.3, -0.25) is 0 Å². The van der Waals surface area contributed by atoms with Crippen molar-refractivity contribution in [1.29, 1.82) is 0 Å². The minimum atomic E-state index is -0.120. The molecule has 4 heteroatoms. The predicted molar refractivity (Wildman–Crippen MR) is 44.3 cm³/mol. The maximum atomic E-state index is 12.5. The monoisotopic (exact) mass is 181 g/mol. The van der Waals surface area contributed by atoms with Crippen molar-refractivity contribution in [3.05, 3.63) is 22.1 Å². The number of rotatable bonds is 2. The Labute approximate surface area is 69.5 Å². The molecule has 10 heavy (non-hydrogen) atoms. The van der Waals surface area contributed by atoms with Crippen molar-refractivity contribution in [2.45, 2.75) is 6.42 Å². The lowest BCUT2D eigenvalue weighted by Gasteiger charge is -1.89. The first-order valence-corrected chi connectivity index (χ1v) is 3.64. The van der Waals surface area contributed by atoms with E-state index in [1.165, 1.54) is 17.4 Å². The van der Waals surface area contributed by atoms with Gasteiger partial charge in [0.05, 0.1) is 0 Å². The molecule has 0 amide bonds. The molecule has 0 atom stereocenters. The van der Waals surface area contributed by atoms with Crippen LogP contribution in [0.15, 0.2) is 11.4 Å². The molecule has 1 aromatic rings. The molecule has 0 unspecified atom stereocenters. The van der Waals surface area contributed by atoms with E-state index in [-0.39, 0.29) is 18.2 Å². The first kappa shape index (κ1) is 9.88. The highest BCUT2D eigenvalue weighted by Gasteiger charge is 1.99. The van der Waals surface area contributed by atoms with Crippen LogP contribution < -0.4 is 5.73 Å². The van der Waals surface area contributed by atoms with Crippen LogP contribution in [-0.4, -0.2) is 6.54 Å². The average molecular weight is 182 g/mol. The SMILES string of the molecule is Cl.NCCc1sccc1F. The van der Waals surface area contributed by atoms with E-state index in [1.54, 1.807) is 5.38 Å². The van der Waals surface area contributed by atoms with E-state index in [0.29, 0.717) is 13.0 Å². The van der Waals surface area contributed by atoms with Crippen molar-refractivity contribution < 1.29 is 4.39 Å². The minimum Gasteiger partial charge on any atom is -0.330 e. The molecule has 2 N–H and O–H groups in total. The zero-order chi connectivity index (χ0) is 6.69. The second-order valence-corrected chi connectivity index (χ2v) is 2.73. The van der Waals surface area contributed by atoms with Gasteiger partial charge in [0.2, 0.25) is 0 Å². The van der Waals surface area contributed by atoms with Crippen LogP contribution in [0.3, 0.4) is 0 Å². The summed E-state index contributed by atoms with van der Waals surface area (Å²) in [4.78, 5) is 0.762. The van der Waals surface area contributed by atoms with Crippen molar-refractivity contribution in [3.63, 3.8) is 0 Å². The number of thiophene rings is 1. The summed E-state index contributed by atoms with van der Waals surface area (Å²) in [6.07, 6.45) is 0.656. The predicted octanol–water partition coefficient (Wildman–Crippen LogP) is 1.81. The Balaban J connectivity index is 0.000000810. The quantitative estimate of drug-likeness (QED) is 0.740. The van der Waals surface area contributed by atoms with Gasteiger partial charge in [0.15, 0.2) is 0 Å². The van der Waals surface area contributed by atoms with Gasteiger partial charge in [-0.25, -0.2) is 4.39 Å². The smallest absolute Gasteiger partial charge is 0.137 e. The first-order chi connectivity index (χ1) is 4.34. The van der Waals surface area contributed by atoms with Gasteiger partial charge in [0.25, 0.3) is 0 Å². The van der Waals surface area contributed by atoms with Gasteiger partial charge >= 0.3 is 0 Å². The fraction of sp³-hybridized carbons (Fsp3) is 0.333. The number of halogens is 2. The molecule has 1 rings (SSSR count). The summed E-state index contributed by atoms with van der Waals surface area (Å²) in [6.45, 7) is 0.525. The third-order valence-electron chi connectivity index (χ3n) is 1.06. The molecule has 0 aromatic carbocycles. The van der Waals surface area contributed by atoms with Crippen molar-refractivity contribution in [1.82, 2.24) is 0 Å². The Kier molecular flexibility index (Phi) is 4.60. The summed E-state index contributed by atoms with van der Waals surface area (Å²) in [5.41, 5.74) is 5.23. The maximum absolute atomic E-state index is 12.5. The molecule has 0 saturated carbocycles. The third kappa shape index (κ3) is 2.25. The average Bonchev–Trinajstić information content (AvgIpc) is 2.18. The first-order valence-electron chi connectivity index (χ1n) is 2.76. The van der Waals surface area contributed by atoms with Gasteiger partial charge in [0, 0.05) is 4.88 Å². The van der Waals surface area contributed by atoms with Crippen LogP contribution in [0.5, 0.6) is 0 Å². The summed E-state index contributed by atoms with van der Waals surface area (Å²) < 4.78 is 12.5. The largest absolute Gasteiger partial charge is 0.330 e. The van der Waals surface area contributed by atoms with E-state index in [0.717, 1.165) is 4.88 Å². The molecule has 0 aliphatic carbocycles. The second kappa shape index (κ2) is 4.66. The third-order valence-corrected chi connectivity index (χ3v) is 2.02. The molecule has 0 aliphatic heterocycles. The van der Waals surface area contributed by atoms with Crippen molar-refractivity contribution >= 4 is 23.7 Å². The summed E-state index contributed by atoms with van der Waals surface area (Å²) in [6, 6.07) is 1.47. The van der Waals surface area contributed by atoms with Crippen LogP contribution in [0.4, 0.5) is 4.39 Å². The van der Waals surface area contributed by atoms with E-state index < -0.39 is 0 Å². The van der Waals surface area contributed by atoms with Gasteiger partial charge in [-0.05, 0) is 24.4 Å². The van der Waals surface area contributed by atoms with Crippen molar-refractivity contribution in [3.8, 4) is 0 Å². The van der Waals surface area contributed by atoms with E-state index in [1.807, 2.05) is 0 Å². The summed E-state index contributed by atoms with van der Waals surface area (Å²) in [5.74, 6) is -0.120. The highest BCUT2D eigenvalue weighted by atomic mass is 35.5. The number of hydrogen-bond donors (Lipinski definition) is 1. The number of nitrogens with two attached hydrogens (primary N) is 1. The molecule has 1 aromatic heterocycles. The molecule has 0 saturated heterocycles. The van der Waals surface area contributed by atoms with Crippen LogP contribution in [0.25, 0.3) is 0 Å². The standard InChI is InChI=1S/C6H8FNS.ClH/c7-5-2-4-9-6(5)1-3-8;/h2,4H,1,3,8H2;1H. The van der Waals surface area contributed by atoms with Gasteiger partial charge in [-0.1, -0.05) is 0 Å². The van der Waals surface area contributed by atoms with Crippen LogP contribution >= 0.6 is 23.7 Å². The summed E-state index contributed by atoms with van der Waals surface area (Å²) in [5, 5.41) is 1.74. The van der Waals surface area contributed by atoms with Gasteiger partial charge < -0.3 is 5.73 Å².